The van der Waals surface area contributed by atoms with E-state index in [-0.39, 0.29) is 11.7 Å². The minimum absolute atomic E-state index is 0.179. The zero-order valence-electron chi connectivity index (χ0n) is 12.5. The molecule has 116 valence electrons. The Kier molecular flexibility index (Phi) is 4.07. The minimum Gasteiger partial charge on any atom is -0.477 e. The van der Waals surface area contributed by atoms with E-state index < -0.39 is 5.97 Å². The Balaban J connectivity index is 2.16. The van der Waals surface area contributed by atoms with E-state index in [0.717, 1.165) is 12.0 Å². The zero-order chi connectivity index (χ0) is 15.7. The lowest BCUT2D eigenvalue weighted by atomic mass is 10.1. The molecule has 0 fully saturated rings. The second-order valence-electron chi connectivity index (χ2n) is 5.19. The number of benzene rings is 1. The van der Waals surface area contributed by atoms with Gasteiger partial charge in [-0.2, -0.15) is 5.10 Å². The molecule has 0 bridgehead atoms. The summed E-state index contributed by atoms with van der Waals surface area (Å²) >= 11 is 5.95. The van der Waals surface area contributed by atoms with E-state index in [0.29, 0.717) is 29.7 Å². The van der Waals surface area contributed by atoms with Crippen LogP contribution in [0.25, 0.3) is 11.1 Å². The largest absolute Gasteiger partial charge is 0.477 e. The van der Waals surface area contributed by atoms with Crippen LogP contribution in [0.2, 0.25) is 5.02 Å². The molecular weight excluding hydrogens is 304 g/mol. The fourth-order valence-electron chi connectivity index (χ4n) is 2.52. The molecule has 2 aromatic rings. The quantitative estimate of drug-likeness (QED) is 0.809. The van der Waals surface area contributed by atoms with Crippen LogP contribution in [-0.4, -0.2) is 29.0 Å². The van der Waals surface area contributed by atoms with Crippen LogP contribution in [-0.2, 0) is 4.74 Å². The predicted molar refractivity (Wildman–Crippen MR) is 83.5 cm³/mol. The molecule has 22 heavy (non-hydrogen) atoms. The van der Waals surface area contributed by atoms with Crippen molar-refractivity contribution in [2.24, 2.45) is 0 Å². The average molecular weight is 321 g/mol. The smallest absolute Gasteiger partial charge is 0.359 e. The SMILES string of the molecule is CCOC(=O)c1nn2c(c1-c1ccc(Cl)cc1)OCCC2C. The summed E-state index contributed by atoms with van der Waals surface area (Å²) in [5, 5.41) is 5.07. The molecule has 0 spiro atoms. The molecule has 2 heterocycles. The fourth-order valence-corrected chi connectivity index (χ4v) is 2.65. The average Bonchev–Trinajstić information content (AvgIpc) is 2.89. The third-order valence-corrected chi connectivity index (χ3v) is 3.91. The highest BCUT2D eigenvalue weighted by Gasteiger charge is 2.30. The van der Waals surface area contributed by atoms with E-state index in [1.54, 1.807) is 23.7 Å². The van der Waals surface area contributed by atoms with Gasteiger partial charge in [0.15, 0.2) is 5.69 Å². The van der Waals surface area contributed by atoms with Crippen molar-refractivity contribution in [2.75, 3.05) is 13.2 Å². The highest BCUT2D eigenvalue weighted by molar-refractivity contribution is 6.30. The summed E-state index contributed by atoms with van der Waals surface area (Å²) in [4.78, 5) is 12.3. The molecule has 1 unspecified atom stereocenters. The highest BCUT2D eigenvalue weighted by atomic mass is 35.5. The maximum Gasteiger partial charge on any atom is 0.359 e. The Morgan fingerprint density at radius 1 is 1.45 bits per heavy atom. The fraction of sp³-hybridized carbons (Fsp3) is 0.375. The predicted octanol–water partition coefficient (Wildman–Crippen LogP) is 3.72. The van der Waals surface area contributed by atoms with E-state index in [4.69, 9.17) is 21.1 Å². The Hall–Kier alpha value is -2.01. The molecule has 1 aromatic heterocycles. The number of carbonyl (C=O) groups excluding carboxylic acids is 1. The third-order valence-electron chi connectivity index (χ3n) is 3.66. The van der Waals surface area contributed by atoms with Crippen molar-refractivity contribution < 1.29 is 14.3 Å². The van der Waals surface area contributed by atoms with Crippen molar-refractivity contribution in [3.05, 3.63) is 35.0 Å². The number of esters is 1. The molecule has 1 aliphatic rings. The molecule has 1 aromatic carbocycles. The lowest BCUT2D eigenvalue weighted by Gasteiger charge is -2.22. The van der Waals surface area contributed by atoms with Crippen LogP contribution >= 0.6 is 11.6 Å². The van der Waals surface area contributed by atoms with Gasteiger partial charge >= 0.3 is 5.97 Å². The van der Waals surface area contributed by atoms with Gasteiger partial charge in [-0.15, -0.1) is 0 Å². The van der Waals surface area contributed by atoms with Gasteiger partial charge in [-0.1, -0.05) is 23.7 Å². The van der Waals surface area contributed by atoms with Gasteiger partial charge in [-0.05, 0) is 31.5 Å². The first kappa shape index (κ1) is 14.9. The second kappa shape index (κ2) is 6.01. The molecular formula is C16H17ClN2O3. The van der Waals surface area contributed by atoms with Crippen molar-refractivity contribution in [1.29, 1.82) is 0 Å². The van der Waals surface area contributed by atoms with Gasteiger partial charge < -0.3 is 9.47 Å². The van der Waals surface area contributed by atoms with Crippen LogP contribution in [0.15, 0.2) is 24.3 Å². The number of aromatic nitrogens is 2. The lowest BCUT2D eigenvalue weighted by Crippen LogP contribution is -2.19. The van der Waals surface area contributed by atoms with Crippen molar-refractivity contribution in [1.82, 2.24) is 9.78 Å². The summed E-state index contributed by atoms with van der Waals surface area (Å²) in [6.07, 6.45) is 0.858. The molecule has 0 N–H and O–H groups in total. The van der Waals surface area contributed by atoms with Crippen LogP contribution in [0, 0.1) is 0 Å². The van der Waals surface area contributed by atoms with Gasteiger partial charge in [0.1, 0.15) is 0 Å². The summed E-state index contributed by atoms with van der Waals surface area (Å²) in [5.74, 6) is 0.175. The number of nitrogens with zero attached hydrogens (tertiary/aromatic N) is 2. The highest BCUT2D eigenvalue weighted by Crippen LogP contribution is 2.39. The van der Waals surface area contributed by atoms with Crippen molar-refractivity contribution >= 4 is 17.6 Å². The van der Waals surface area contributed by atoms with E-state index in [2.05, 4.69) is 12.0 Å². The van der Waals surface area contributed by atoms with Crippen LogP contribution in [0.4, 0.5) is 0 Å². The first-order valence-corrected chi connectivity index (χ1v) is 7.68. The van der Waals surface area contributed by atoms with Crippen molar-refractivity contribution in [3.8, 4) is 17.0 Å². The number of hydrogen-bond donors (Lipinski definition) is 0. The van der Waals surface area contributed by atoms with E-state index in [9.17, 15) is 4.79 Å². The molecule has 1 atom stereocenters. The molecule has 5 nitrogen and oxygen atoms in total. The van der Waals surface area contributed by atoms with E-state index in [1.807, 2.05) is 12.1 Å². The molecule has 0 saturated heterocycles. The molecule has 3 rings (SSSR count). The molecule has 0 radical (unpaired) electrons. The first-order valence-electron chi connectivity index (χ1n) is 7.30. The Morgan fingerprint density at radius 3 is 2.86 bits per heavy atom. The van der Waals surface area contributed by atoms with Gasteiger partial charge in [0.25, 0.3) is 0 Å². The van der Waals surface area contributed by atoms with Gasteiger partial charge in [0.05, 0.1) is 24.8 Å². The zero-order valence-corrected chi connectivity index (χ0v) is 13.3. The molecule has 1 aliphatic heterocycles. The van der Waals surface area contributed by atoms with Crippen LogP contribution in [0.5, 0.6) is 5.88 Å². The lowest BCUT2D eigenvalue weighted by molar-refractivity contribution is 0.0519. The summed E-state index contributed by atoms with van der Waals surface area (Å²) in [7, 11) is 0. The minimum atomic E-state index is -0.440. The van der Waals surface area contributed by atoms with Crippen LogP contribution in [0.1, 0.15) is 36.8 Å². The summed E-state index contributed by atoms with van der Waals surface area (Å²) in [6, 6.07) is 7.44. The number of ether oxygens (including phenoxy) is 2. The molecule has 0 saturated carbocycles. The molecule has 0 amide bonds. The standard InChI is InChI=1S/C16H17ClN2O3/c1-3-21-16(20)14-13(11-4-6-12(17)7-5-11)15-19(18-14)10(2)8-9-22-15/h4-7,10H,3,8-9H2,1-2H3. The van der Waals surface area contributed by atoms with E-state index in [1.165, 1.54) is 0 Å². The molecule has 6 heteroatoms. The van der Waals surface area contributed by atoms with Gasteiger partial charge in [-0.3, -0.25) is 0 Å². The topological polar surface area (TPSA) is 53.3 Å². The van der Waals surface area contributed by atoms with Crippen molar-refractivity contribution in [3.63, 3.8) is 0 Å². The summed E-state index contributed by atoms with van der Waals surface area (Å²) in [6.45, 7) is 4.74. The molecule has 0 aliphatic carbocycles. The second-order valence-corrected chi connectivity index (χ2v) is 5.62. The maximum absolute atomic E-state index is 12.3. The number of halogens is 1. The summed E-state index contributed by atoms with van der Waals surface area (Å²) < 4.78 is 12.7. The van der Waals surface area contributed by atoms with Gasteiger partial charge in [0, 0.05) is 11.4 Å². The number of carbonyl (C=O) groups is 1. The monoisotopic (exact) mass is 320 g/mol. The van der Waals surface area contributed by atoms with E-state index >= 15 is 0 Å². The Morgan fingerprint density at radius 2 is 2.18 bits per heavy atom. The number of rotatable bonds is 3. The first-order chi connectivity index (χ1) is 10.6. The van der Waals surface area contributed by atoms with Crippen molar-refractivity contribution in [2.45, 2.75) is 26.3 Å². The Bertz CT molecular complexity index is 694. The van der Waals surface area contributed by atoms with Crippen LogP contribution < -0.4 is 4.74 Å². The van der Waals surface area contributed by atoms with Gasteiger partial charge in [0.2, 0.25) is 5.88 Å². The van der Waals surface area contributed by atoms with Gasteiger partial charge in [-0.25, -0.2) is 9.48 Å². The third kappa shape index (κ3) is 2.57. The summed E-state index contributed by atoms with van der Waals surface area (Å²) in [5.41, 5.74) is 1.79. The normalized spacial score (nSPS) is 16.8. The Labute approximate surface area is 133 Å². The maximum atomic E-state index is 12.3. The van der Waals surface area contributed by atoms with Crippen LogP contribution in [0.3, 0.4) is 0 Å². The number of hydrogen-bond acceptors (Lipinski definition) is 4. The number of fused-ring (bicyclic) bond motifs is 1.